The molecule has 0 aromatic heterocycles. The van der Waals surface area contributed by atoms with Gasteiger partial charge in [-0.15, -0.1) is 0 Å². The van der Waals surface area contributed by atoms with Crippen molar-refractivity contribution in [2.45, 2.75) is 25.8 Å². The van der Waals surface area contributed by atoms with E-state index in [2.05, 4.69) is 0 Å². The molecule has 0 bridgehead atoms. The second-order valence-electron chi connectivity index (χ2n) is 3.38. The molecule has 0 aliphatic heterocycles. The summed E-state index contributed by atoms with van der Waals surface area (Å²) in [4.78, 5) is 0. The highest BCUT2D eigenvalue weighted by molar-refractivity contribution is 6.60. The van der Waals surface area contributed by atoms with Crippen molar-refractivity contribution in [1.82, 2.24) is 0 Å². The molecule has 16 heavy (non-hydrogen) atoms. The molecule has 0 amide bonds. The smallest absolute Gasteiger partial charge is 0.382 e. The summed E-state index contributed by atoms with van der Waals surface area (Å²) in [6.45, 7) is 4.67. The molecule has 0 fully saturated rings. The molecule has 0 aromatic rings. The maximum absolute atomic E-state index is 5.74. The highest BCUT2D eigenvalue weighted by Crippen LogP contribution is 2.15. The Morgan fingerprint density at radius 2 is 1.75 bits per heavy atom. The molecule has 98 valence electrons. The fraction of sp³-hybridized carbons (Fsp3) is 1.00. The van der Waals surface area contributed by atoms with Gasteiger partial charge in [0.1, 0.15) is 0 Å². The SMILES string of the molecule is CCOCCCO[Si](CCCN)(OC)OC. The largest absolute Gasteiger partial charge is 0.500 e. The summed E-state index contributed by atoms with van der Waals surface area (Å²) in [5.41, 5.74) is 5.48. The average molecular weight is 251 g/mol. The molecule has 0 unspecified atom stereocenters. The van der Waals surface area contributed by atoms with Gasteiger partial charge in [-0.2, -0.15) is 0 Å². The Kier molecular flexibility index (Phi) is 10.2. The van der Waals surface area contributed by atoms with E-state index in [0.717, 1.165) is 25.5 Å². The van der Waals surface area contributed by atoms with Gasteiger partial charge in [0.2, 0.25) is 0 Å². The Bertz CT molecular complexity index is 156. The van der Waals surface area contributed by atoms with Crippen molar-refractivity contribution in [3.05, 3.63) is 0 Å². The van der Waals surface area contributed by atoms with Crippen LogP contribution in [0.15, 0.2) is 0 Å². The zero-order valence-electron chi connectivity index (χ0n) is 10.7. The molecule has 0 aromatic carbocycles. The lowest BCUT2D eigenvalue weighted by atomic mass is 10.5. The molecular weight excluding hydrogens is 226 g/mol. The molecule has 0 saturated carbocycles. The van der Waals surface area contributed by atoms with Crippen LogP contribution >= 0.6 is 0 Å². The van der Waals surface area contributed by atoms with Crippen LogP contribution in [0.4, 0.5) is 0 Å². The molecule has 5 nitrogen and oxygen atoms in total. The monoisotopic (exact) mass is 251 g/mol. The van der Waals surface area contributed by atoms with Crippen LogP contribution in [0.5, 0.6) is 0 Å². The first kappa shape index (κ1) is 16.0. The van der Waals surface area contributed by atoms with Crippen molar-refractivity contribution < 1.29 is 18.0 Å². The van der Waals surface area contributed by atoms with Crippen LogP contribution in [0, 0.1) is 0 Å². The molecule has 0 aliphatic carbocycles. The molecule has 0 spiro atoms. The number of nitrogens with two attached hydrogens (primary N) is 1. The van der Waals surface area contributed by atoms with E-state index in [1.165, 1.54) is 0 Å². The molecule has 2 N–H and O–H groups in total. The minimum Gasteiger partial charge on any atom is -0.382 e. The van der Waals surface area contributed by atoms with Gasteiger partial charge in [0.15, 0.2) is 0 Å². The lowest BCUT2D eigenvalue weighted by Gasteiger charge is -2.26. The van der Waals surface area contributed by atoms with E-state index >= 15 is 0 Å². The standard InChI is InChI=1S/C10H25NO4Si/c1-4-14-8-6-9-15-16(12-2,13-3)10-5-7-11/h4-11H2,1-3H3. The molecule has 0 radical (unpaired) electrons. The second kappa shape index (κ2) is 10.2. The van der Waals surface area contributed by atoms with E-state index in [-0.39, 0.29) is 0 Å². The van der Waals surface area contributed by atoms with Gasteiger partial charge in [-0.1, -0.05) is 0 Å². The lowest BCUT2D eigenvalue weighted by Crippen LogP contribution is -2.44. The van der Waals surface area contributed by atoms with Crippen LogP contribution in [-0.4, -0.2) is 49.4 Å². The molecule has 6 heteroatoms. The maximum atomic E-state index is 5.74. The first-order chi connectivity index (χ1) is 7.74. The van der Waals surface area contributed by atoms with E-state index in [1.54, 1.807) is 14.2 Å². The summed E-state index contributed by atoms with van der Waals surface area (Å²) in [6, 6.07) is 0.769. The predicted molar refractivity (Wildman–Crippen MR) is 65.3 cm³/mol. The first-order valence-electron chi connectivity index (χ1n) is 5.76. The first-order valence-corrected chi connectivity index (χ1v) is 7.70. The van der Waals surface area contributed by atoms with Crippen molar-refractivity contribution in [2.75, 3.05) is 40.6 Å². The zero-order valence-corrected chi connectivity index (χ0v) is 11.7. The van der Waals surface area contributed by atoms with Crippen LogP contribution in [0.25, 0.3) is 0 Å². The van der Waals surface area contributed by atoms with Gasteiger partial charge in [0, 0.05) is 40.1 Å². The maximum Gasteiger partial charge on any atom is 0.500 e. The predicted octanol–water partition coefficient (Wildman–Crippen LogP) is 1.01. The fourth-order valence-electron chi connectivity index (χ4n) is 1.33. The van der Waals surface area contributed by atoms with E-state index in [4.69, 9.17) is 23.7 Å². The van der Waals surface area contributed by atoms with E-state index in [0.29, 0.717) is 19.8 Å². The van der Waals surface area contributed by atoms with Crippen molar-refractivity contribution in [3.63, 3.8) is 0 Å². The molecule has 0 heterocycles. The normalized spacial score (nSPS) is 12.0. The van der Waals surface area contributed by atoms with E-state index < -0.39 is 8.80 Å². The third-order valence-corrected chi connectivity index (χ3v) is 5.12. The summed E-state index contributed by atoms with van der Waals surface area (Å²) in [5.74, 6) is 0. The molecular formula is C10H25NO4Si. The van der Waals surface area contributed by atoms with E-state index in [1.807, 2.05) is 6.92 Å². The van der Waals surface area contributed by atoms with Crippen molar-refractivity contribution in [1.29, 1.82) is 0 Å². The van der Waals surface area contributed by atoms with Crippen molar-refractivity contribution in [3.8, 4) is 0 Å². The summed E-state index contributed by atoms with van der Waals surface area (Å²) >= 11 is 0. The summed E-state index contributed by atoms with van der Waals surface area (Å²) in [6.07, 6.45) is 1.72. The topological polar surface area (TPSA) is 62.9 Å². The van der Waals surface area contributed by atoms with Gasteiger partial charge in [0.25, 0.3) is 0 Å². The van der Waals surface area contributed by atoms with Gasteiger partial charge in [0.05, 0.1) is 0 Å². The van der Waals surface area contributed by atoms with Gasteiger partial charge in [-0.05, 0) is 26.3 Å². The van der Waals surface area contributed by atoms with Crippen LogP contribution in [0.3, 0.4) is 0 Å². The van der Waals surface area contributed by atoms with Gasteiger partial charge < -0.3 is 23.7 Å². The van der Waals surface area contributed by atoms with Crippen LogP contribution in [0.1, 0.15) is 19.8 Å². The second-order valence-corrected chi connectivity index (χ2v) is 6.35. The van der Waals surface area contributed by atoms with Crippen molar-refractivity contribution >= 4 is 8.80 Å². The lowest BCUT2D eigenvalue weighted by molar-refractivity contribution is 0.0784. The Morgan fingerprint density at radius 1 is 1.06 bits per heavy atom. The average Bonchev–Trinajstić information content (AvgIpc) is 2.33. The molecule has 0 aliphatic rings. The fourth-order valence-corrected chi connectivity index (χ4v) is 3.38. The zero-order chi connectivity index (χ0) is 12.3. The quantitative estimate of drug-likeness (QED) is 0.438. The van der Waals surface area contributed by atoms with Crippen LogP contribution < -0.4 is 5.73 Å². The molecule has 0 atom stereocenters. The minimum absolute atomic E-state index is 0.610. The summed E-state index contributed by atoms with van der Waals surface area (Å²) < 4.78 is 21.8. The third kappa shape index (κ3) is 6.57. The third-order valence-electron chi connectivity index (χ3n) is 2.27. The number of ether oxygens (including phenoxy) is 1. The Morgan fingerprint density at radius 3 is 2.25 bits per heavy atom. The molecule has 0 saturated heterocycles. The Hall–Kier alpha value is 0.0169. The Balaban J connectivity index is 3.82. The number of hydrogen-bond acceptors (Lipinski definition) is 5. The number of rotatable bonds is 11. The van der Waals surface area contributed by atoms with Crippen LogP contribution in [0.2, 0.25) is 6.04 Å². The van der Waals surface area contributed by atoms with Gasteiger partial charge >= 0.3 is 8.80 Å². The van der Waals surface area contributed by atoms with Crippen LogP contribution in [-0.2, 0) is 18.0 Å². The molecule has 0 rings (SSSR count). The highest BCUT2D eigenvalue weighted by Gasteiger charge is 2.37. The minimum atomic E-state index is -2.46. The van der Waals surface area contributed by atoms with E-state index in [9.17, 15) is 0 Å². The van der Waals surface area contributed by atoms with Gasteiger partial charge in [-0.3, -0.25) is 0 Å². The summed E-state index contributed by atoms with van der Waals surface area (Å²) in [5, 5.41) is 0. The summed E-state index contributed by atoms with van der Waals surface area (Å²) in [7, 11) is 0.807. The van der Waals surface area contributed by atoms with Gasteiger partial charge in [-0.25, -0.2) is 0 Å². The Labute approximate surface area is 99.6 Å². The number of hydrogen-bond donors (Lipinski definition) is 1. The van der Waals surface area contributed by atoms with Crippen molar-refractivity contribution in [2.24, 2.45) is 5.73 Å². The highest BCUT2D eigenvalue weighted by atomic mass is 28.4.